The zero-order chi connectivity index (χ0) is 19.7. The van der Waals surface area contributed by atoms with Crippen LogP contribution in [0.5, 0.6) is 0 Å². The van der Waals surface area contributed by atoms with E-state index in [1.54, 1.807) is 18.5 Å². The average Bonchev–Trinajstić information content (AvgIpc) is 3.03. The van der Waals surface area contributed by atoms with Gasteiger partial charge in [0.05, 0.1) is 40.5 Å². The van der Waals surface area contributed by atoms with Crippen LogP contribution in [0.2, 0.25) is 5.02 Å². The summed E-state index contributed by atoms with van der Waals surface area (Å²) in [4.78, 5) is 21.9. The highest BCUT2D eigenvalue weighted by atomic mass is 35.5. The van der Waals surface area contributed by atoms with E-state index in [9.17, 15) is 9.90 Å². The third kappa shape index (κ3) is 3.75. The van der Waals surface area contributed by atoms with E-state index in [4.69, 9.17) is 11.6 Å². The van der Waals surface area contributed by atoms with Crippen LogP contribution in [-0.2, 0) is 6.54 Å². The summed E-state index contributed by atoms with van der Waals surface area (Å²) in [5.41, 5.74) is 3.54. The first-order valence-corrected chi connectivity index (χ1v) is 9.95. The van der Waals surface area contributed by atoms with Crippen LogP contribution in [0.15, 0.2) is 36.7 Å². The van der Waals surface area contributed by atoms with Gasteiger partial charge in [0.25, 0.3) is 5.91 Å². The molecule has 0 aliphatic heterocycles. The van der Waals surface area contributed by atoms with Crippen molar-refractivity contribution in [3.05, 3.63) is 58.6 Å². The SMILES string of the molecule is Cc1cccc(Cn2cc(C(=O)NC3CCCC[C@@H]3O)c3nccc(Cl)c32)n1. The van der Waals surface area contributed by atoms with Gasteiger partial charge < -0.3 is 15.0 Å². The molecule has 0 saturated heterocycles. The largest absolute Gasteiger partial charge is 0.391 e. The molecule has 0 spiro atoms. The Morgan fingerprint density at radius 1 is 1.32 bits per heavy atom. The lowest BCUT2D eigenvalue weighted by atomic mass is 9.92. The molecule has 1 fully saturated rings. The molecule has 1 amide bonds. The molecule has 2 N–H and O–H groups in total. The van der Waals surface area contributed by atoms with Crippen LogP contribution < -0.4 is 5.32 Å². The standard InChI is InChI=1S/C21H23ClN4O2/c1-13-5-4-6-14(24-13)11-26-12-15(19-20(26)16(22)9-10-23-19)21(28)25-17-7-2-3-8-18(17)27/h4-6,9-10,12,17-18,27H,2-3,7-8,11H2,1H3,(H,25,28)/t17?,18-/m0/s1. The van der Waals surface area contributed by atoms with Gasteiger partial charge in [-0.1, -0.05) is 30.5 Å². The Morgan fingerprint density at radius 2 is 2.14 bits per heavy atom. The number of fused-ring (bicyclic) bond motifs is 1. The van der Waals surface area contributed by atoms with Crippen molar-refractivity contribution in [2.45, 2.75) is 51.3 Å². The van der Waals surface area contributed by atoms with Crippen molar-refractivity contribution in [1.29, 1.82) is 0 Å². The summed E-state index contributed by atoms with van der Waals surface area (Å²) in [7, 11) is 0. The summed E-state index contributed by atoms with van der Waals surface area (Å²) in [6, 6.07) is 7.34. The second-order valence-electron chi connectivity index (χ2n) is 7.36. The zero-order valence-electron chi connectivity index (χ0n) is 15.7. The third-order valence-corrected chi connectivity index (χ3v) is 5.58. The summed E-state index contributed by atoms with van der Waals surface area (Å²) in [6.07, 6.45) is 6.38. The lowest BCUT2D eigenvalue weighted by Crippen LogP contribution is -2.45. The van der Waals surface area contributed by atoms with E-state index >= 15 is 0 Å². The molecule has 7 heteroatoms. The molecule has 3 heterocycles. The smallest absolute Gasteiger partial charge is 0.255 e. The van der Waals surface area contributed by atoms with Crippen molar-refractivity contribution in [2.75, 3.05) is 0 Å². The van der Waals surface area contributed by atoms with Crippen LogP contribution in [0, 0.1) is 6.92 Å². The summed E-state index contributed by atoms with van der Waals surface area (Å²) in [6.45, 7) is 2.43. The molecular formula is C21H23ClN4O2. The molecule has 3 aromatic rings. The Balaban J connectivity index is 1.69. The highest BCUT2D eigenvalue weighted by Crippen LogP contribution is 2.27. The van der Waals surface area contributed by atoms with Crippen LogP contribution in [0.4, 0.5) is 0 Å². The van der Waals surface area contributed by atoms with E-state index in [0.717, 1.165) is 37.1 Å². The average molecular weight is 399 g/mol. The minimum Gasteiger partial charge on any atom is -0.391 e. The first kappa shape index (κ1) is 18.9. The maximum absolute atomic E-state index is 13.0. The Morgan fingerprint density at radius 3 is 2.93 bits per heavy atom. The molecule has 28 heavy (non-hydrogen) atoms. The third-order valence-electron chi connectivity index (χ3n) is 5.27. The van der Waals surface area contributed by atoms with Gasteiger partial charge in [0, 0.05) is 18.1 Å². The number of hydrogen-bond donors (Lipinski definition) is 2. The molecule has 146 valence electrons. The Hall–Kier alpha value is -2.44. The first-order chi connectivity index (χ1) is 13.5. The fraction of sp³-hybridized carbons (Fsp3) is 0.381. The van der Waals surface area contributed by atoms with Gasteiger partial charge in [-0.2, -0.15) is 0 Å². The van der Waals surface area contributed by atoms with Gasteiger partial charge in [0.1, 0.15) is 5.52 Å². The highest BCUT2D eigenvalue weighted by molar-refractivity contribution is 6.35. The number of amides is 1. The molecule has 1 aliphatic carbocycles. The van der Waals surface area contributed by atoms with Gasteiger partial charge >= 0.3 is 0 Å². The number of carbonyl (C=O) groups excluding carboxylic acids is 1. The van der Waals surface area contributed by atoms with Gasteiger partial charge in [-0.25, -0.2) is 0 Å². The van der Waals surface area contributed by atoms with Crippen molar-refractivity contribution >= 4 is 28.5 Å². The maximum Gasteiger partial charge on any atom is 0.255 e. The van der Waals surface area contributed by atoms with Crippen molar-refractivity contribution in [2.24, 2.45) is 0 Å². The summed E-state index contributed by atoms with van der Waals surface area (Å²) in [5.74, 6) is -0.235. The molecule has 0 aromatic carbocycles. The van der Waals surface area contributed by atoms with Crippen LogP contribution in [0.1, 0.15) is 47.4 Å². The molecular weight excluding hydrogens is 376 g/mol. The number of nitrogens with zero attached hydrogens (tertiary/aromatic N) is 3. The number of carbonyl (C=O) groups is 1. The van der Waals surface area contributed by atoms with E-state index in [-0.39, 0.29) is 11.9 Å². The van der Waals surface area contributed by atoms with E-state index in [0.29, 0.717) is 28.2 Å². The second kappa shape index (κ2) is 7.89. The van der Waals surface area contributed by atoms with Gasteiger partial charge in [-0.15, -0.1) is 0 Å². The number of hydrogen-bond acceptors (Lipinski definition) is 4. The Kier molecular flexibility index (Phi) is 5.33. The number of aliphatic hydroxyl groups is 1. The Bertz CT molecular complexity index is 1020. The zero-order valence-corrected chi connectivity index (χ0v) is 16.5. The topological polar surface area (TPSA) is 80.0 Å². The molecule has 1 unspecified atom stereocenters. The van der Waals surface area contributed by atoms with Gasteiger partial charge in [0.15, 0.2) is 0 Å². The van der Waals surface area contributed by atoms with Crippen LogP contribution in [0.3, 0.4) is 0 Å². The van der Waals surface area contributed by atoms with Crippen molar-refractivity contribution in [1.82, 2.24) is 19.9 Å². The fourth-order valence-corrected chi connectivity index (χ4v) is 4.12. The van der Waals surface area contributed by atoms with Crippen molar-refractivity contribution in [3.8, 4) is 0 Å². The number of aromatic nitrogens is 3. The highest BCUT2D eigenvalue weighted by Gasteiger charge is 2.27. The van der Waals surface area contributed by atoms with Crippen LogP contribution in [-0.4, -0.2) is 37.7 Å². The Labute approximate surface area is 168 Å². The second-order valence-corrected chi connectivity index (χ2v) is 7.77. The molecule has 1 saturated carbocycles. The van der Waals surface area contributed by atoms with Crippen molar-refractivity contribution < 1.29 is 9.90 Å². The minimum absolute atomic E-state index is 0.225. The molecule has 1 aliphatic rings. The summed E-state index contributed by atoms with van der Waals surface area (Å²) in [5, 5.41) is 13.7. The molecule has 2 atom stereocenters. The van der Waals surface area contributed by atoms with E-state index in [1.165, 1.54) is 0 Å². The van der Waals surface area contributed by atoms with Crippen LogP contribution >= 0.6 is 11.6 Å². The number of nitrogens with one attached hydrogen (secondary N) is 1. The van der Waals surface area contributed by atoms with E-state index in [2.05, 4.69) is 15.3 Å². The molecule has 6 nitrogen and oxygen atoms in total. The fourth-order valence-electron chi connectivity index (χ4n) is 3.86. The van der Waals surface area contributed by atoms with E-state index in [1.807, 2.05) is 29.7 Å². The molecule has 0 radical (unpaired) electrons. The monoisotopic (exact) mass is 398 g/mol. The quantitative estimate of drug-likeness (QED) is 0.705. The maximum atomic E-state index is 13.0. The van der Waals surface area contributed by atoms with Gasteiger partial charge in [-0.05, 0) is 38.0 Å². The van der Waals surface area contributed by atoms with Gasteiger partial charge in [0.2, 0.25) is 0 Å². The minimum atomic E-state index is -0.501. The predicted octanol–water partition coefficient (Wildman–Crippen LogP) is 3.47. The number of halogens is 1. The molecule has 0 bridgehead atoms. The van der Waals surface area contributed by atoms with E-state index < -0.39 is 6.10 Å². The summed E-state index contributed by atoms with van der Waals surface area (Å²) < 4.78 is 1.92. The van der Waals surface area contributed by atoms with Gasteiger partial charge in [-0.3, -0.25) is 14.8 Å². The number of aryl methyl sites for hydroxylation is 1. The van der Waals surface area contributed by atoms with Crippen molar-refractivity contribution in [3.63, 3.8) is 0 Å². The lowest BCUT2D eigenvalue weighted by Gasteiger charge is -2.28. The molecule has 3 aromatic heterocycles. The molecule has 4 rings (SSSR count). The summed E-state index contributed by atoms with van der Waals surface area (Å²) >= 11 is 6.44. The first-order valence-electron chi connectivity index (χ1n) is 9.58. The number of aliphatic hydroxyl groups excluding tert-OH is 1. The normalized spacial score (nSPS) is 19.7. The number of rotatable bonds is 4. The predicted molar refractivity (Wildman–Crippen MR) is 109 cm³/mol. The lowest BCUT2D eigenvalue weighted by molar-refractivity contribution is 0.0718. The van der Waals surface area contributed by atoms with Crippen LogP contribution in [0.25, 0.3) is 11.0 Å². The number of pyridine rings is 2.